The Morgan fingerprint density at radius 1 is 0.920 bits per heavy atom. The molecule has 0 atom stereocenters. The molecule has 0 unspecified atom stereocenters. The number of hydrogen-bond acceptors (Lipinski definition) is 6. The smallest absolute Gasteiger partial charge is 0.245 e. The van der Waals surface area contributed by atoms with Crippen LogP contribution >= 0.6 is 0 Å². The average Bonchev–Trinajstić information content (AvgIpc) is 3.04. The van der Waals surface area contributed by atoms with Gasteiger partial charge in [-0.3, -0.25) is 0 Å². The SMILES string of the molecule is Fc1cccc(Cc2nc3nonc3nc2Nc2ccccc2F)c1. The first-order chi connectivity index (χ1) is 12.2. The van der Waals surface area contributed by atoms with Gasteiger partial charge in [-0.05, 0) is 40.1 Å². The minimum absolute atomic E-state index is 0.196. The summed E-state index contributed by atoms with van der Waals surface area (Å²) in [7, 11) is 0. The number of aromatic nitrogens is 4. The minimum Gasteiger partial charge on any atom is -0.336 e. The molecular weight excluding hydrogens is 328 g/mol. The molecule has 8 heteroatoms. The molecule has 0 amide bonds. The molecule has 124 valence electrons. The van der Waals surface area contributed by atoms with Crippen LogP contribution in [0.1, 0.15) is 11.3 Å². The zero-order valence-electron chi connectivity index (χ0n) is 12.8. The van der Waals surface area contributed by atoms with E-state index in [-0.39, 0.29) is 29.2 Å². The Bertz CT molecular complexity index is 1050. The second-order valence-corrected chi connectivity index (χ2v) is 5.34. The van der Waals surface area contributed by atoms with Gasteiger partial charge in [0, 0.05) is 6.42 Å². The first-order valence-electron chi connectivity index (χ1n) is 7.44. The summed E-state index contributed by atoms with van der Waals surface area (Å²) >= 11 is 0. The number of rotatable bonds is 4. The van der Waals surface area contributed by atoms with Crippen molar-refractivity contribution in [2.75, 3.05) is 5.32 Å². The first-order valence-corrected chi connectivity index (χ1v) is 7.44. The van der Waals surface area contributed by atoms with Crippen LogP contribution in [0.2, 0.25) is 0 Å². The second kappa shape index (κ2) is 6.23. The standard InChI is InChI=1S/C17H11F2N5O/c18-11-5-3-4-10(8-11)9-14-15(20-13-7-2-1-6-12(13)19)22-17-16(21-14)23-25-24-17/h1-8H,9H2,(H,20,22,24). The predicted molar refractivity (Wildman–Crippen MR) is 86.3 cm³/mol. The number of anilines is 2. The quantitative estimate of drug-likeness (QED) is 0.612. The van der Waals surface area contributed by atoms with Crippen molar-refractivity contribution in [2.45, 2.75) is 6.42 Å². The summed E-state index contributed by atoms with van der Waals surface area (Å²) in [5.74, 6) is -0.477. The van der Waals surface area contributed by atoms with Crippen LogP contribution in [0.25, 0.3) is 11.3 Å². The largest absolute Gasteiger partial charge is 0.336 e. The maximum absolute atomic E-state index is 13.9. The highest BCUT2D eigenvalue weighted by Crippen LogP contribution is 2.24. The maximum Gasteiger partial charge on any atom is 0.245 e. The van der Waals surface area contributed by atoms with E-state index in [0.29, 0.717) is 17.1 Å². The Morgan fingerprint density at radius 3 is 2.52 bits per heavy atom. The van der Waals surface area contributed by atoms with Crippen molar-refractivity contribution in [3.05, 3.63) is 71.4 Å². The van der Waals surface area contributed by atoms with Gasteiger partial charge in [-0.25, -0.2) is 23.4 Å². The Kier molecular flexibility index (Phi) is 3.77. The number of halogens is 2. The summed E-state index contributed by atoms with van der Waals surface area (Å²) in [4.78, 5) is 8.64. The molecule has 25 heavy (non-hydrogen) atoms. The van der Waals surface area contributed by atoms with Gasteiger partial charge in [-0.2, -0.15) is 0 Å². The summed E-state index contributed by atoms with van der Waals surface area (Å²) in [5, 5.41) is 10.2. The van der Waals surface area contributed by atoms with Gasteiger partial charge in [-0.1, -0.05) is 24.3 Å². The molecule has 0 saturated heterocycles. The number of hydrogen-bond donors (Lipinski definition) is 1. The zero-order valence-corrected chi connectivity index (χ0v) is 12.8. The Balaban J connectivity index is 1.77. The van der Waals surface area contributed by atoms with Crippen molar-refractivity contribution in [3.8, 4) is 0 Å². The lowest BCUT2D eigenvalue weighted by Crippen LogP contribution is -2.05. The third kappa shape index (κ3) is 3.14. The van der Waals surface area contributed by atoms with Crippen molar-refractivity contribution >= 4 is 22.8 Å². The number of nitrogens with zero attached hydrogens (tertiary/aromatic N) is 4. The third-order valence-corrected chi connectivity index (χ3v) is 3.57. The van der Waals surface area contributed by atoms with Crippen LogP contribution in [0.15, 0.2) is 53.2 Å². The second-order valence-electron chi connectivity index (χ2n) is 5.34. The van der Waals surface area contributed by atoms with E-state index in [1.54, 1.807) is 30.3 Å². The minimum atomic E-state index is -0.431. The van der Waals surface area contributed by atoms with Gasteiger partial charge < -0.3 is 5.32 Å². The van der Waals surface area contributed by atoms with Gasteiger partial charge in [-0.15, -0.1) is 0 Å². The Morgan fingerprint density at radius 2 is 1.72 bits per heavy atom. The fourth-order valence-corrected chi connectivity index (χ4v) is 2.43. The van der Waals surface area contributed by atoms with Crippen molar-refractivity contribution in [1.29, 1.82) is 0 Å². The Hall–Kier alpha value is -3.42. The van der Waals surface area contributed by atoms with Crippen molar-refractivity contribution < 1.29 is 13.4 Å². The molecule has 0 radical (unpaired) electrons. The van der Waals surface area contributed by atoms with Crippen LogP contribution in [-0.2, 0) is 6.42 Å². The summed E-state index contributed by atoms with van der Waals surface area (Å²) in [6.07, 6.45) is 0.282. The summed E-state index contributed by atoms with van der Waals surface area (Å²) in [6, 6.07) is 12.3. The van der Waals surface area contributed by atoms with Crippen LogP contribution in [0.3, 0.4) is 0 Å². The number of para-hydroxylation sites is 1. The molecule has 2 heterocycles. The normalized spacial score (nSPS) is 11.0. The molecule has 2 aromatic heterocycles. The maximum atomic E-state index is 13.9. The molecular formula is C17H11F2N5O. The highest BCUT2D eigenvalue weighted by atomic mass is 19.1. The molecule has 4 rings (SSSR count). The molecule has 2 aromatic carbocycles. The van der Waals surface area contributed by atoms with Crippen molar-refractivity contribution in [1.82, 2.24) is 20.3 Å². The van der Waals surface area contributed by atoms with Gasteiger partial charge >= 0.3 is 0 Å². The van der Waals surface area contributed by atoms with E-state index < -0.39 is 5.82 Å². The van der Waals surface area contributed by atoms with E-state index in [9.17, 15) is 8.78 Å². The Labute approximate surface area is 140 Å². The highest BCUT2D eigenvalue weighted by molar-refractivity contribution is 5.69. The lowest BCUT2D eigenvalue weighted by Gasteiger charge is -2.10. The average molecular weight is 339 g/mol. The monoisotopic (exact) mass is 339 g/mol. The number of fused-ring (bicyclic) bond motifs is 1. The van der Waals surface area contributed by atoms with Gasteiger partial charge in [0.25, 0.3) is 0 Å². The van der Waals surface area contributed by atoms with E-state index in [0.717, 1.165) is 0 Å². The third-order valence-electron chi connectivity index (χ3n) is 3.57. The molecule has 0 aliphatic rings. The van der Waals surface area contributed by atoms with Crippen LogP contribution < -0.4 is 5.32 Å². The molecule has 0 saturated carbocycles. The molecule has 6 nitrogen and oxygen atoms in total. The van der Waals surface area contributed by atoms with E-state index in [1.807, 2.05) is 0 Å². The first kappa shape index (κ1) is 15.1. The highest BCUT2D eigenvalue weighted by Gasteiger charge is 2.15. The van der Waals surface area contributed by atoms with Crippen LogP contribution in [-0.4, -0.2) is 20.3 Å². The predicted octanol–water partition coefficient (Wildman–Crippen LogP) is 3.63. The molecule has 0 fully saturated rings. The summed E-state index contributed by atoms with van der Waals surface area (Å²) in [5.41, 5.74) is 1.83. The van der Waals surface area contributed by atoms with Gasteiger partial charge in [0.2, 0.25) is 11.3 Å². The lowest BCUT2D eigenvalue weighted by molar-refractivity contribution is 0.314. The molecule has 4 aromatic rings. The summed E-state index contributed by atoms with van der Waals surface area (Å²) < 4.78 is 32.0. The zero-order chi connectivity index (χ0) is 17.2. The van der Waals surface area contributed by atoms with E-state index in [2.05, 4.69) is 30.2 Å². The van der Waals surface area contributed by atoms with Crippen LogP contribution in [0, 0.1) is 11.6 Å². The molecule has 0 aliphatic heterocycles. The topological polar surface area (TPSA) is 76.7 Å². The van der Waals surface area contributed by atoms with Gasteiger partial charge in [0.15, 0.2) is 5.82 Å². The number of benzene rings is 2. The van der Waals surface area contributed by atoms with E-state index in [1.165, 1.54) is 18.2 Å². The van der Waals surface area contributed by atoms with E-state index in [4.69, 9.17) is 0 Å². The number of nitrogens with one attached hydrogen (secondary N) is 1. The molecule has 1 N–H and O–H groups in total. The molecule has 0 aliphatic carbocycles. The fourth-order valence-electron chi connectivity index (χ4n) is 2.43. The van der Waals surface area contributed by atoms with Crippen molar-refractivity contribution in [3.63, 3.8) is 0 Å². The van der Waals surface area contributed by atoms with E-state index >= 15 is 0 Å². The molecule has 0 bridgehead atoms. The van der Waals surface area contributed by atoms with Gasteiger partial charge in [0.05, 0.1) is 11.4 Å². The summed E-state index contributed by atoms with van der Waals surface area (Å²) in [6.45, 7) is 0. The lowest BCUT2D eigenvalue weighted by atomic mass is 10.1. The van der Waals surface area contributed by atoms with Crippen LogP contribution in [0.4, 0.5) is 20.3 Å². The van der Waals surface area contributed by atoms with Crippen LogP contribution in [0.5, 0.6) is 0 Å². The van der Waals surface area contributed by atoms with Crippen molar-refractivity contribution in [2.24, 2.45) is 0 Å². The molecule has 0 spiro atoms. The fraction of sp³-hybridized carbons (Fsp3) is 0.0588. The van der Waals surface area contributed by atoms with Gasteiger partial charge in [0.1, 0.15) is 11.6 Å².